The van der Waals surface area contributed by atoms with Gasteiger partial charge in [-0.25, -0.2) is 13.4 Å². The number of aryl methyl sites for hydroxylation is 1. The van der Waals surface area contributed by atoms with E-state index >= 15 is 0 Å². The van der Waals surface area contributed by atoms with Gasteiger partial charge in [0.1, 0.15) is 21.4 Å². The molecule has 3 heterocycles. The van der Waals surface area contributed by atoms with E-state index in [1.54, 1.807) is 11.6 Å². The number of fused-ring (bicyclic) bond motifs is 1. The summed E-state index contributed by atoms with van der Waals surface area (Å²) in [6.07, 6.45) is 5.68. The SMILES string of the molecule is CS(=O)(=O)c1ccsc1NC(=O)c1cnc2n1CCCC2. The smallest absolute Gasteiger partial charge is 0.274 e. The molecule has 2 aromatic rings. The van der Waals surface area contributed by atoms with Crippen LogP contribution in [0.25, 0.3) is 0 Å². The van der Waals surface area contributed by atoms with E-state index in [-0.39, 0.29) is 10.8 Å². The summed E-state index contributed by atoms with van der Waals surface area (Å²) in [4.78, 5) is 16.8. The fraction of sp³-hybridized carbons (Fsp3) is 0.385. The zero-order valence-corrected chi connectivity index (χ0v) is 13.1. The monoisotopic (exact) mass is 325 g/mol. The second kappa shape index (κ2) is 5.27. The number of hydrogen-bond acceptors (Lipinski definition) is 5. The summed E-state index contributed by atoms with van der Waals surface area (Å²) in [7, 11) is -3.35. The van der Waals surface area contributed by atoms with Crippen LogP contribution in [0.4, 0.5) is 5.00 Å². The van der Waals surface area contributed by atoms with Crippen molar-refractivity contribution in [2.45, 2.75) is 30.7 Å². The highest BCUT2D eigenvalue weighted by atomic mass is 32.2. The molecule has 1 aliphatic heterocycles. The number of aromatic nitrogens is 2. The number of rotatable bonds is 3. The molecule has 6 nitrogen and oxygen atoms in total. The third-order valence-corrected chi connectivity index (χ3v) is 5.56. The Morgan fingerprint density at radius 2 is 2.24 bits per heavy atom. The zero-order chi connectivity index (χ0) is 15.0. The molecule has 0 unspecified atom stereocenters. The van der Waals surface area contributed by atoms with Gasteiger partial charge in [0, 0.05) is 19.2 Å². The number of hydrogen-bond donors (Lipinski definition) is 1. The summed E-state index contributed by atoms with van der Waals surface area (Å²) in [5.41, 5.74) is 0.484. The minimum atomic E-state index is -3.35. The first-order valence-corrected chi connectivity index (χ1v) is 9.37. The Bertz CT molecular complexity index is 789. The maximum atomic E-state index is 12.4. The van der Waals surface area contributed by atoms with Crippen molar-refractivity contribution in [3.63, 3.8) is 0 Å². The summed E-state index contributed by atoms with van der Waals surface area (Å²) in [5.74, 6) is 0.601. The maximum Gasteiger partial charge on any atom is 0.274 e. The van der Waals surface area contributed by atoms with E-state index in [2.05, 4.69) is 10.3 Å². The van der Waals surface area contributed by atoms with Crippen molar-refractivity contribution in [3.05, 3.63) is 29.2 Å². The molecule has 0 saturated heterocycles. The van der Waals surface area contributed by atoms with Gasteiger partial charge in [-0.05, 0) is 24.3 Å². The third-order valence-electron chi connectivity index (χ3n) is 3.46. The summed E-state index contributed by atoms with van der Waals surface area (Å²) in [6, 6.07) is 1.50. The Hall–Kier alpha value is -1.67. The summed E-state index contributed by atoms with van der Waals surface area (Å²) in [6.45, 7) is 0.779. The van der Waals surface area contributed by atoms with E-state index in [0.29, 0.717) is 10.7 Å². The first-order chi connectivity index (χ1) is 9.97. The largest absolute Gasteiger partial charge is 0.324 e. The molecule has 0 aromatic carbocycles. The van der Waals surface area contributed by atoms with Crippen LogP contribution in [0.15, 0.2) is 22.5 Å². The maximum absolute atomic E-state index is 12.4. The van der Waals surface area contributed by atoms with Crippen molar-refractivity contribution in [1.29, 1.82) is 0 Å². The molecule has 0 radical (unpaired) electrons. The molecule has 0 atom stereocenters. The quantitative estimate of drug-likeness (QED) is 0.935. The van der Waals surface area contributed by atoms with Crippen LogP contribution < -0.4 is 5.32 Å². The van der Waals surface area contributed by atoms with Crippen molar-refractivity contribution in [2.75, 3.05) is 11.6 Å². The van der Waals surface area contributed by atoms with Gasteiger partial charge in [0.05, 0.1) is 6.20 Å². The van der Waals surface area contributed by atoms with E-state index < -0.39 is 9.84 Å². The molecule has 0 bridgehead atoms. The first-order valence-electron chi connectivity index (χ1n) is 6.60. The molecule has 112 valence electrons. The average molecular weight is 325 g/mol. The molecule has 2 aromatic heterocycles. The highest BCUT2D eigenvalue weighted by molar-refractivity contribution is 7.91. The molecule has 1 amide bonds. The van der Waals surface area contributed by atoms with Gasteiger partial charge in [0.25, 0.3) is 5.91 Å². The number of nitrogens with zero attached hydrogens (tertiary/aromatic N) is 2. The molecule has 0 fully saturated rings. The minimum Gasteiger partial charge on any atom is -0.324 e. The van der Waals surface area contributed by atoms with Crippen molar-refractivity contribution < 1.29 is 13.2 Å². The lowest BCUT2D eigenvalue weighted by Gasteiger charge is -2.15. The van der Waals surface area contributed by atoms with Crippen LogP contribution in [0, 0.1) is 0 Å². The number of amides is 1. The number of carbonyl (C=O) groups is 1. The molecule has 0 saturated carbocycles. The van der Waals surface area contributed by atoms with E-state index in [1.807, 2.05) is 4.57 Å². The molecule has 3 rings (SSSR count). The van der Waals surface area contributed by atoms with Crippen LogP contribution in [0.3, 0.4) is 0 Å². The van der Waals surface area contributed by atoms with Crippen molar-refractivity contribution >= 4 is 32.1 Å². The summed E-state index contributed by atoms with van der Waals surface area (Å²) < 4.78 is 25.2. The van der Waals surface area contributed by atoms with Gasteiger partial charge in [-0.3, -0.25) is 4.79 Å². The number of imidazole rings is 1. The Morgan fingerprint density at radius 1 is 1.43 bits per heavy atom. The number of thiophene rings is 1. The van der Waals surface area contributed by atoms with Crippen LogP contribution in [0.1, 0.15) is 29.2 Å². The van der Waals surface area contributed by atoms with E-state index in [1.165, 1.54) is 17.4 Å². The van der Waals surface area contributed by atoms with Crippen LogP contribution in [0.2, 0.25) is 0 Å². The number of anilines is 1. The lowest BCUT2D eigenvalue weighted by atomic mass is 10.1. The topological polar surface area (TPSA) is 81.1 Å². The van der Waals surface area contributed by atoms with Crippen LogP contribution in [-0.4, -0.2) is 30.1 Å². The number of sulfone groups is 1. The Balaban J connectivity index is 1.88. The summed E-state index contributed by atoms with van der Waals surface area (Å²) in [5, 5.41) is 4.70. The van der Waals surface area contributed by atoms with Crippen molar-refractivity contribution in [2.24, 2.45) is 0 Å². The molecule has 0 aliphatic carbocycles. The van der Waals surface area contributed by atoms with Crippen LogP contribution in [0.5, 0.6) is 0 Å². The van der Waals surface area contributed by atoms with Gasteiger partial charge in [-0.1, -0.05) is 0 Å². The fourth-order valence-corrected chi connectivity index (χ4v) is 4.51. The molecule has 1 aliphatic rings. The predicted octanol–water partition coefficient (Wildman–Crippen LogP) is 1.94. The van der Waals surface area contributed by atoms with Gasteiger partial charge >= 0.3 is 0 Å². The molecule has 8 heteroatoms. The van der Waals surface area contributed by atoms with E-state index in [4.69, 9.17) is 0 Å². The van der Waals surface area contributed by atoms with Crippen molar-refractivity contribution in [1.82, 2.24) is 9.55 Å². The van der Waals surface area contributed by atoms with Crippen LogP contribution in [-0.2, 0) is 22.8 Å². The normalized spacial score (nSPS) is 14.7. The number of carbonyl (C=O) groups excluding carboxylic acids is 1. The number of nitrogens with one attached hydrogen (secondary N) is 1. The van der Waals surface area contributed by atoms with Gasteiger partial charge < -0.3 is 9.88 Å². The van der Waals surface area contributed by atoms with Gasteiger partial charge in [-0.2, -0.15) is 0 Å². The zero-order valence-electron chi connectivity index (χ0n) is 11.5. The van der Waals surface area contributed by atoms with E-state index in [0.717, 1.165) is 37.9 Å². The first kappa shape index (κ1) is 14.3. The average Bonchev–Trinajstić information content (AvgIpc) is 3.03. The highest BCUT2D eigenvalue weighted by Gasteiger charge is 2.22. The van der Waals surface area contributed by atoms with Crippen LogP contribution >= 0.6 is 11.3 Å². The Morgan fingerprint density at radius 3 is 3.00 bits per heavy atom. The third kappa shape index (κ3) is 2.73. The molecule has 0 spiro atoms. The second-order valence-corrected chi connectivity index (χ2v) is 7.91. The molecular weight excluding hydrogens is 310 g/mol. The van der Waals surface area contributed by atoms with Gasteiger partial charge in [-0.15, -0.1) is 11.3 Å². The second-order valence-electron chi connectivity index (χ2n) is 5.01. The Kier molecular flexibility index (Phi) is 3.58. The molecule has 1 N–H and O–H groups in total. The van der Waals surface area contributed by atoms with E-state index in [9.17, 15) is 13.2 Å². The van der Waals surface area contributed by atoms with Crippen molar-refractivity contribution in [3.8, 4) is 0 Å². The van der Waals surface area contributed by atoms with Gasteiger partial charge in [0.15, 0.2) is 9.84 Å². The predicted molar refractivity (Wildman–Crippen MR) is 80.5 cm³/mol. The minimum absolute atomic E-state index is 0.152. The molecule has 21 heavy (non-hydrogen) atoms. The highest BCUT2D eigenvalue weighted by Crippen LogP contribution is 2.28. The summed E-state index contributed by atoms with van der Waals surface area (Å²) >= 11 is 1.20. The Labute approximate surface area is 126 Å². The standard InChI is InChI=1S/C13H15N3O3S2/c1-21(18,19)10-5-7-20-13(10)15-12(17)9-8-14-11-4-2-3-6-16(9)11/h5,7-8H,2-4,6H2,1H3,(H,15,17). The lowest BCUT2D eigenvalue weighted by Crippen LogP contribution is -2.20. The lowest BCUT2D eigenvalue weighted by molar-refractivity contribution is 0.101. The fourth-order valence-electron chi connectivity index (χ4n) is 2.45. The molecular formula is C13H15N3O3S2. The van der Waals surface area contributed by atoms with Gasteiger partial charge in [0.2, 0.25) is 0 Å².